The van der Waals surface area contributed by atoms with Gasteiger partial charge in [-0.3, -0.25) is 0 Å². The number of carbonyl (C=O) groups excluding carboxylic acids is 1. The van der Waals surface area contributed by atoms with Crippen LogP contribution >= 0.6 is 0 Å². The minimum atomic E-state index is -0.324. The van der Waals surface area contributed by atoms with Crippen molar-refractivity contribution in [2.24, 2.45) is 0 Å². The lowest BCUT2D eigenvalue weighted by atomic mass is 10.3. The number of nitrogens with zero attached hydrogens (tertiary/aromatic N) is 4. The highest BCUT2D eigenvalue weighted by Crippen LogP contribution is 2.18. The smallest absolute Gasteiger partial charge is 0.319 e. The van der Waals surface area contributed by atoms with Crippen LogP contribution in [0.25, 0.3) is 5.69 Å². The molecule has 0 fully saturated rings. The van der Waals surface area contributed by atoms with Gasteiger partial charge >= 0.3 is 6.03 Å². The molecule has 3 aromatic rings. The van der Waals surface area contributed by atoms with Gasteiger partial charge in [0.1, 0.15) is 18.1 Å². The number of rotatable bonds is 7. The second-order valence-electron chi connectivity index (χ2n) is 5.60. The largest absolute Gasteiger partial charge is 0.497 e. The van der Waals surface area contributed by atoms with E-state index in [1.165, 1.54) is 0 Å². The zero-order chi connectivity index (χ0) is 19.1. The lowest BCUT2D eigenvalue weighted by Crippen LogP contribution is -2.32. The fourth-order valence-electron chi connectivity index (χ4n) is 2.39. The Morgan fingerprint density at radius 1 is 1.15 bits per heavy atom. The minimum absolute atomic E-state index is 0.324. The van der Waals surface area contributed by atoms with Gasteiger partial charge in [0.05, 0.1) is 19.3 Å². The Bertz CT molecular complexity index is 911. The van der Waals surface area contributed by atoms with Gasteiger partial charge in [0, 0.05) is 11.8 Å². The van der Waals surface area contributed by atoms with E-state index in [1.54, 1.807) is 36.9 Å². The van der Waals surface area contributed by atoms with Gasteiger partial charge < -0.3 is 20.1 Å². The number of aryl methyl sites for hydroxylation is 1. The predicted octanol–water partition coefficient (Wildman–Crippen LogP) is 2.18. The number of ether oxygens (including phenoxy) is 2. The number of tetrazole rings is 1. The number of benzene rings is 2. The first-order chi connectivity index (χ1) is 13.2. The van der Waals surface area contributed by atoms with Gasteiger partial charge in [0.25, 0.3) is 0 Å². The van der Waals surface area contributed by atoms with Gasteiger partial charge in [0.2, 0.25) is 0 Å². The summed E-state index contributed by atoms with van der Waals surface area (Å²) < 4.78 is 12.3. The molecule has 0 saturated carbocycles. The van der Waals surface area contributed by atoms with Crippen LogP contribution in [0.2, 0.25) is 0 Å². The number of methoxy groups -OCH3 is 1. The summed E-state index contributed by atoms with van der Waals surface area (Å²) in [6.45, 7) is 2.49. The number of carbonyl (C=O) groups is 1. The summed E-state index contributed by atoms with van der Waals surface area (Å²) in [5.74, 6) is 2.06. The van der Waals surface area contributed by atoms with Gasteiger partial charge in [-0.05, 0) is 47.7 Å². The maximum Gasteiger partial charge on any atom is 0.319 e. The number of anilines is 1. The van der Waals surface area contributed by atoms with E-state index in [-0.39, 0.29) is 6.03 Å². The van der Waals surface area contributed by atoms with Gasteiger partial charge in [-0.15, -0.1) is 5.10 Å². The van der Waals surface area contributed by atoms with Gasteiger partial charge in [-0.25, -0.2) is 4.79 Å². The Morgan fingerprint density at radius 2 is 1.96 bits per heavy atom. The molecule has 9 heteroatoms. The molecule has 0 aliphatic heterocycles. The summed E-state index contributed by atoms with van der Waals surface area (Å²) in [4.78, 5) is 12.0. The third-order valence-electron chi connectivity index (χ3n) is 3.67. The van der Waals surface area contributed by atoms with E-state index in [1.807, 2.05) is 30.3 Å². The van der Waals surface area contributed by atoms with Gasteiger partial charge in [-0.2, -0.15) is 4.68 Å². The highest BCUT2D eigenvalue weighted by molar-refractivity contribution is 5.89. The lowest BCUT2D eigenvalue weighted by Gasteiger charge is -2.10. The fraction of sp³-hybridized carbons (Fsp3) is 0.222. The van der Waals surface area contributed by atoms with Gasteiger partial charge in [-0.1, -0.05) is 12.1 Å². The van der Waals surface area contributed by atoms with Crippen LogP contribution in [0, 0.1) is 6.92 Å². The lowest BCUT2D eigenvalue weighted by molar-refractivity contribution is 0.247. The number of nitrogens with one attached hydrogen (secondary N) is 2. The van der Waals surface area contributed by atoms with Gasteiger partial charge in [0.15, 0.2) is 5.82 Å². The molecule has 2 amide bonds. The van der Waals surface area contributed by atoms with Crippen molar-refractivity contribution < 1.29 is 14.3 Å². The molecule has 1 heterocycles. The molecule has 0 atom stereocenters. The number of aromatic nitrogens is 4. The molecule has 0 aliphatic rings. The summed E-state index contributed by atoms with van der Waals surface area (Å²) in [6, 6.07) is 14.2. The van der Waals surface area contributed by atoms with Crippen molar-refractivity contribution in [2.45, 2.75) is 6.92 Å². The molecule has 0 aliphatic carbocycles. The SMILES string of the molecule is COc1cccc(OCCNC(=O)Nc2cccc(-n3nnnc3C)c2)c1. The van der Waals surface area contributed by atoms with Crippen molar-refractivity contribution >= 4 is 11.7 Å². The molecular weight excluding hydrogens is 348 g/mol. The van der Waals surface area contributed by atoms with Crippen LogP contribution in [-0.2, 0) is 0 Å². The molecule has 3 rings (SSSR count). The van der Waals surface area contributed by atoms with Crippen molar-refractivity contribution in [2.75, 3.05) is 25.6 Å². The summed E-state index contributed by atoms with van der Waals surface area (Å²) in [5.41, 5.74) is 1.39. The van der Waals surface area contributed by atoms with E-state index in [0.29, 0.717) is 30.4 Å². The molecule has 9 nitrogen and oxygen atoms in total. The van der Waals surface area contributed by atoms with E-state index in [2.05, 4.69) is 26.2 Å². The van der Waals surface area contributed by atoms with Crippen molar-refractivity contribution in [3.05, 3.63) is 54.4 Å². The Balaban J connectivity index is 1.47. The molecule has 0 saturated heterocycles. The third-order valence-corrected chi connectivity index (χ3v) is 3.67. The number of hydrogen-bond donors (Lipinski definition) is 2. The fourth-order valence-corrected chi connectivity index (χ4v) is 2.39. The zero-order valence-electron chi connectivity index (χ0n) is 15.0. The van der Waals surface area contributed by atoms with E-state index in [9.17, 15) is 4.79 Å². The van der Waals surface area contributed by atoms with E-state index < -0.39 is 0 Å². The number of amides is 2. The Morgan fingerprint density at radius 3 is 2.74 bits per heavy atom. The first kappa shape index (κ1) is 18.2. The molecule has 140 valence electrons. The molecular formula is C18H20N6O3. The first-order valence-corrected chi connectivity index (χ1v) is 8.33. The quantitative estimate of drug-likeness (QED) is 0.620. The average molecular weight is 368 g/mol. The predicted molar refractivity (Wildman–Crippen MR) is 99.4 cm³/mol. The summed E-state index contributed by atoms with van der Waals surface area (Å²) in [7, 11) is 1.60. The molecule has 27 heavy (non-hydrogen) atoms. The van der Waals surface area contributed by atoms with Crippen LogP contribution in [0.3, 0.4) is 0 Å². The molecule has 0 unspecified atom stereocenters. The third kappa shape index (κ3) is 4.94. The van der Waals surface area contributed by atoms with Crippen LogP contribution in [0.5, 0.6) is 11.5 Å². The van der Waals surface area contributed by atoms with E-state index in [4.69, 9.17) is 9.47 Å². The summed E-state index contributed by atoms with van der Waals surface area (Å²) in [6.07, 6.45) is 0. The number of urea groups is 1. The standard InChI is InChI=1S/C18H20N6O3/c1-13-21-22-23-24(13)15-6-3-5-14(11-15)20-18(25)19-9-10-27-17-8-4-7-16(12-17)26-2/h3-8,11-12H,9-10H2,1-2H3,(H2,19,20,25). The minimum Gasteiger partial charge on any atom is -0.497 e. The molecule has 2 aromatic carbocycles. The highest BCUT2D eigenvalue weighted by atomic mass is 16.5. The summed E-state index contributed by atoms with van der Waals surface area (Å²) in [5, 5.41) is 16.9. The molecule has 0 spiro atoms. The van der Waals surface area contributed by atoms with Crippen molar-refractivity contribution in [3.8, 4) is 17.2 Å². The molecule has 1 aromatic heterocycles. The normalized spacial score (nSPS) is 10.3. The van der Waals surface area contributed by atoms with Crippen LogP contribution in [0.1, 0.15) is 5.82 Å². The second kappa shape index (κ2) is 8.65. The number of hydrogen-bond acceptors (Lipinski definition) is 6. The molecule has 2 N–H and O–H groups in total. The monoisotopic (exact) mass is 368 g/mol. The highest BCUT2D eigenvalue weighted by Gasteiger charge is 2.06. The van der Waals surface area contributed by atoms with Crippen LogP contribution in [0.15, 0.2) is 48.5 Å². The Kier molecular flexibility index (Phi) is 5.83. The Labute approximate surface area is 156 Å². The van der Waals surface area contributed by atoms with Crippen molar-refractivity contribution in [1.29, 1.82) is 0 Å². The van der Waals surface area contributed by atoms with Crippen LogP contribution in [0.4, 0.5) is 10.5 Å². The Hall–Kier alpha value is -3.62. The molecule has 0 bridgehead atoms. The summed E-state index contributed by atoms with van der Waals surface area (Å²) >= 11 is 0. The van der Waals surface area contributed by atoms with Crippen molar-refractivity contribution in [3.63, 3.8) is 0 Å². The first-order valence-electron chi connectivity index (χ1n) is 8.33. The zero-order valence-corrected chi connectivity index (χ0v) is 15.0. The average Bonchev–Trinajstić information content (AvgIpc) is 3.11. The topological polar surface area (TPSA) is 103 Å². The maximum atomic E-state index is 12.0. The maximum absolute atomic E-state index is 12.0. The van der Waals surface area contributed by atoms with Crippen LogP contribution < -0.4 is 20.1 Å². The second-order valence-corrected chi connectivity index (χ2v) is 5.60. The van der Waals surface area contributed by atoms with E-state index in [0.717, 1.165) is 11.4 Å². The van der Waals surface area contributed by atoms with E-state index >= 15 is 0 Å². The molecule has 0 radical (unpaired) electrons. The van der Waals surface area contributed by atoms with Crippen LogP contribution in [-0.4, -0.2) is 46.5 Å². The van der Waals surface area contributed by atoms with Crippen molar-refractivity contribution in [1.82, 2.24) is 25.5 Å².